The maximum atomic E-state index is 11.4. The van der Waals surface area contributed by atoms with Crippen LogP contribution in [0.1, 0.15) is 19.8 Å². The van der Waals surface area contributed by atoms with Gasteiger partial charge in [0.1, 0.15) is 0 Å². The van der Waals surface area contributed by atoms with Gasteiger partial charge in [-0.2, -0.15) is 0 Å². The Hall–Kier alpha value is -0.780. The van der Waals surface area contributed by atoms with E-state index in [4.69, 9.17) is 0 Å². The van der Waals surface area contributed by atoms with E-state index in [-0.39, 0.29) is 19.4 Å². The summed E-state index contributed by atoms with van der Waals surface area (Å²) in [4.78, 5) is 10.5. The number of carbonyl (C=O) groups is 1. The molecule has 0 heterocycles. The van der Waals surface area contributed by atoms with E-state index in [0.717, 1.165) is 0 Å². The van der Waals surface area contributed by atoms with E-state index in [2.05, 4.69) is 9.47 Å². The van der Waals surface area contributed by atoms with Gasteiger partial charge in [-0.05, 0) is 0 Å². The highest BCUT2D eigenvalue weighted by atomic mass is 19.4. The second kappa shape index (κ2) is 5.80. The van der Waals surface area contributed by atoms with E-state index in [1.807, 2.05) is 0 Å². The van der Waals surface area contributed by atoms with Crippen molar-refractivity contribution >= 4 is 5.97 Å². The highest BCUT2D eigenvalue weighted by molar-refractivity contribution is 5.68. The Morgan fingerprint density at radius 1 is 1.31 bits per heavy atom. The molecular weight excluding hydrogens is 189 g/mol. The molecule has 0 bridgehead atoms. The molecule has 0 N–H and O–H groups in total. The maximum absolute atomic E-state index is 11.4. The molecule has 0 radical (unpaired) electrons. The van der Waals surface area contributed by atoms with E-state index >= 15 is 0 Å². The molecule has 0 spiro atoms. The average Bonchev–Trinajstić information content (AvgIpc) is 2.01. The van der Waals surface area contributed by atoms with Crippen LogP contribution in [0.25, 0.3) is 0 Å². The SMILES string of the molecule is CCC(=O)OCCCOC(F)(F)F. The highest BCUT2D eigenvalue weighted by Gasteiger charge is 2.28. The van der Waals surface area contributed by atoms with Crippen molar-refractivity contribution in [3.05, 3.63) is 0 Å². The quantitative estimate of drug-likeness (QED) is 0.502. The van der Waals surface area contributed by atoms with Crippen LogP contribution < -0.4 is 0 Å². The Kier molecular flexibility index (Phi) is 5.45. The first kappa shape index (κ1) is 12.2. The summed E-state index contributed by atoms with van der Waals surface area (Å²) < 4.78 is 42.1. The molecule has 0 amide bonds. The van der Waals surface area contributed by atoms with Crippen molar-refractivity contribution in [2.24, 2.45) is 0 Å². The van der Waals surface area contributed by atoms with Gasteiger partial charge in [0, 0.05) is 12.8 Å². The summed E-state index contributed by atoms with van der Waals surface area (Å²) in [7, 11) is 0. The predicted molar refractivity (Wildman–Crippen MR) is 37.9 cm³/mol. The minimum absolute atomic E-state index is 0.0389. The molecule has 0 saturated carbocycles. The Balaban J connectivity index is 3.22. The number of esters is 1. The van der Waals surface area contributed by atoms with Crippen molar-refractivity contribution < 1.29 is 27.4 Å². The van der Waals surface area contributed by atoms with Gasteiger partial charge in [0.15, 0.2) is 0 Å². The molecule has 0 rings (SSSR count). The number of alkyl halides is 3. The number of hydrogen-bond acceptors (Lipinski definition) is 3. The summed E-state index contributed by atoms with van der Waals surface area (Å²) >= 11 is 0. The lowest BCUT2D eigenvalue weighted by atomic mass is 10.5. The molecule has 0 unspecified atom stereocenters. The number of rotatable bonds is 5. The largest absolute Gasteiger partial charge is 0.522 e. The van der Waals surface area contributed by atoms with E-state index in [1.165, 1.54) is 0 Å². The van der Waals surface area contributed by atoms with Crippen LogP contribution in [0.5, 0.6) is 0 Å². The minimum atomic E-state index is -4.60. The van der Waals surface area contributed by atoms with Crippen molar-refractivity contribution in [1.82, 2.24) is 0 Å². The first-order valence-corrected chi connectivity index (χ1v) is 3.82. The van der Waals surface area contributed by atoms with Crippen LogP contribution >= 0.6 is 0 Å². The zero-order chi connectivity index (χ0) is 10.3. The molecule has 0 fully saturated rings. The molecule has 0 aliphatic rings. The fraction of sp³-hybridized carbons (Fsp3) is 0.857. The summed E-state index contributed by atoms with van der Waals surface area (Å²) in [6.45, 7) is 1.08. The second-order valence-electron chi connectivity index (χ2n) is 2.22. The summed E-state index contributed by atoms with van der Waals surface area (Å²) in [6.07, 6.45) is -4.33. The zero-order valence-corrected chi connectivity index (χ0v) is 7.19. The van der Waals surface area contributed by atoms with Crippen LogP contribution in [-0.4, -0.2) is 25.5 Å². The van der Waals surface area contributed by atoms with Crippen LogP contribution in [-0.2, 0) is 14.3 Å². The van der Waals surface area contributed by atoms with Gasteiger partial charge in [-0.25, -0.2) is 0 Å². The normalized spacial score (nSPS) is 11.4. The molecule has 0 aromatic carbocycles. The molecule has 0 aromatic rings. The summed E-state index contributed by atoms with van der Waals surface area (Å²) in [5, 5.41) is 0. The molecule has 0 aliphatic carbocycles. The van der Waals surface area contributed by atoms with Crippen LogP contribution in [0, 0.1) is 0 Å². The summed E-state index contributed by atoms with van der Waals surface area (Å²) in [6, 6.07) is 0. The first-order chi connectivity index (χ1) is 5.95. The fourth-order valence-electron chi connectivity index (χ4n) is 0.535. The number of carbonyl (C=O) groups excluding carboxylic acids is 1. The first-order valence-electron chi connectivity index (χ1n) is 3.82. The van der Waals surface area contributed by atoms with E-state index in [1.54, 1.807) is 6.92 Å². The Morgan fingerprint density at radius 3 is 2.38 bits per heavy atom. The minimum Gasteiger partial charge on any atom is -0.466 e. The molecule has 0 aliphatic heterocycles. The van der Waals surface area contributed by atoms with Crippen LogP contribution in [0.15, 0.2) is 0 Å². The van der Waals surface area contributed by atoms with E-state index in [9.17, 15) is 18.0 Å². The molecule has 13 heavy (non-hydrogen) atoms. The van der Waals surface area contributed by atoms with Gasteiger partial charge in [-0.15, -0.1) is 13.2 Å². The standard InChI is InChI=1S/C7H11F3O3/c1-2-6(11)12-4-3-5-13-7(8,9)10/h2-5H2,1H3. The van der Waals surface area contributed by atoms with Gasteiger partial charge in [0.25, 0.3) is 0 Å². The highest BCUT2D eigenvalue weighted by Crippen LogP contribution is 2.15. The van der Waals surface area contributed by atoms with Crippen LogP contribution in [0.3, 0.4) is 0 Å². The average molecular weight is 200 g/mol. The second-order valence-corrected chi connectivity index (χ2v) is 2.22. The van der Waals surface area contributed by atoms with Gasteiger partial charge >= 0.3 is 12.3 Å². The molecule has 6 heteroatoms. The van der Waals surface area contributed by atoms with Gasteiger partial charge in [-0.3, -0.25) is 9.53 Å². The molecule has 78 valence electrons. The maximum Gasteiger partial charge on any atom is 0.522 e. The number of halogens is 3. The lowest BCUT2D eigenvalue weighted by Gasteiger charge is -2.06. The third-order valence-corrected chi connectivity index (χ3v) is 1.11. The van der Waals surface area contributed by atoms with Gasteiger partial charge in [-0.1, -0.05) is 6.92 Å². The van der Waals surface area contributed by atoms with Crippen molar-refractivity contribution in [3.8, 4) is 0 Å². The smallest absolute Gasteiger partial charge is 0.466 e. The predicted octanol–water partition coefficient (Wildman–Crippen LogP) is 1.87. The van der Waals surface area contributed by atoms with Crippen LogP contribution in [0.4, 0.5) is 13.2 Å². The monoisotopic (exact) mass is 200 g/mol. The molecule has 3 nitrogen and oxygen atoms in total. The molecule has 0 atom stereocenters. The topological polar surface area (TPSA) is 35.5 Å². The van der Waals surface area contributed by atoms with Crippen molar-refractivity contribution in [3.63, 3.8) is 0 Å². The lowest BCUT2D eigenvalue weighted by Crippen LogP contribution is -2.15. The van der Waals surface area contributed by atoms with Crippen molar-refractivity contribution in [2.75, 3.05) is 13.2 Å². The molecular formula is C7H11F3O3. The summed E-state index contributed by atoms with van der Waals surface area (Å²) in [5.74, 6) is -0.424. The number of ether oxygens (including phenoxy) is 2. The van der Waals surface area contributed by atoms with Crippen LogP contribution in [0.2, 0.25) is 0 Å². The Bertz CT molecular complexity index is 156. The lowest BCUT2D eigenvalue weighted by molar-refractivity contribution is -0.325. The van der Waals surface area contributed by atoms with Crippen molar-refractivity contribution in [2.45, 2.75) is 26.1 Å². The fourth-order valence-corrected chi connectivity index (χ4v) is 0.535. The van der Waals surface area contributed by atoms with Crippen molar-refractivity contribution in [1.29, 1.82) is 0 Å². The zero-order valence-electron chi connectivity index (χ0n) is 7.19. The summed E-state index contributed by atoms with van der Waals surface area (Å²) in [5.41, 5.74) is 0. The van der Waals surface area contributed by atoms with Gasteiger partial charge in [0.2, 0.25) is 0 Å². The molecule has 0 saturated heterocycles. The van der Waals surface area contributed by atoms with E-state index < -0.39 is 18.9 Å². The third-order valence-electron chi connectivity index (χ3n) is 1.11. The van der Waals surface area contributed by atoms with Gasteiger partial charge < -0.3 is 4.74 Å². The third kappa shape index (κ3) is 9.13. The Morgan fingerprint density at radius 2 is 1.92 bits per heavy atom. The molecule has 0 aromatic heterocycles. The van der Waals surface area contributed by atoms with E-state index in [0.29, 0.717) is 0 Å². The number of hydrogen-bond donors (Lipinski definition) is 0. The Labute approximate surface area is 73.8 Å². The van der Waals surface area contributed by atoms with Gasteiger partial charge in [0.05, 0.1) is 13.2 Å².